The zero-order valence-corrected chi connectivity index (χ0v) is 9.68. The Morgan fingerprint density at radius 1 is 0.688 bits per heavy atom. The quantitative estimate of drug-likeness (QED) is 0.824. The van der Waals surface area contributed by atoms with Crippen LogP contribution >= 0.6 is 0 Å². The molecule has 2 aromatic rings. The maximum absolute atomic E-state index is 4.25. The molecular formula is C14H17NO. The summed E-state index contributed by atoms with van der Waals surface area (Å²) in [5.41, 5.74) is 2.24. The minimum atomic E-state index is 1.12. The first kappa shape index (κ1) is 12.3. The fourth-order valence-electron chi connectivity index (χ4n) is 1.21. The van der Waals surface area contributed by atoms with Gasteiger partial charge in [-0.1, -0.05) is 36.4 Å². The van der Waals surface area contributed by atoms with Crippen LogP contribution in [0.2, 0.25) is 0 Å². The van der Waals surface area contributed by atoms with Gasteiger partial charge >= 0.3 is 0 Å². The zero-order chi connectivity index (χ0) is 11.6. The van der Waals surface area contributed by atoms with E-state index in [2.05, 4.69) is 10.1 Å². The van der Waals surface area contributed by atoms with Crippen LogP contribution in [0.3, 0.4) is 0 Å². The third-order valence-electron chi connectivity index (χ3n) is 1.84. The second-order valence-electron chi connectivity index (χ2n) is 3.27. The third kappa shape index (κ3) is 4.62. The summed E-state index contributed by atoms with van der Waals surface area (Å²) >= 11 is 0. The molecule has 0 saturated carbocycles. The van der Waals surface area contributed by atoms with Gasteiger partial charge in [-0.2, -0.15) is 0 Å². The molecule has 0 atom stereocenters. The van der Waals surface area contributed by atoms with Crippen molar-refractivity contribution in [3.05, 3.63) is 60.7 Å². The highest BCUT2D eigenvalue weighted by atomic mass is 16.4. The number of hydrogen-bond acceptors (Lipinski definition) is 2. The predicted molar refractivity (Wildman–Crippen MR) is 69.1 cm³/mol. The molecule has 2 aromatic carbocycles. The number of para-hydroxylation sites is 2. The molecular weight excluding hydrogens is 198 g/mol. The van der Waals surface area contributed by atoms with Crippen LogP contribution in [0.15, 0.2) is 60.7 Å². The van der Waals surface area contributed by atoms with E-state index in [-0.39, 0.29) is 0 Å². The van der Waals surface area contributed by atoms with Crippen molar-refractivity contribution in [2.45, 2.75) is 0 Å². The summed E-state index contributed by atoms with van der Waals surface area (Å²) in [5, 5.41) is 3.30. The summed E-state index contributed by atoms with van der Waals surface area (Å²) in [6, 6.07) is 20.3. The SMILES string of the molecule is COC.c1ccc(Nc2ccccc2)cc1. The van der Waals surface area contributed by atoms with Gasteiger partial charge in [-0.15, -0.1) is 0 Å². The molecule has 0 amide bonds. The molecule has 0 unspecified atom stereocenters. The zero-order valence-electron chi connectivity index (χ0n) is 9.68. The Morgan fingerprint density at radius 3 is 1.31 bits per heavy atom. The Hall–Kier alpha value is -1.80. The first-order valence-electron chi connectivity index (χ1n) is 5.14. The molecule has 0 aromatic heterocycles. The summed E-state index contributed by atoms with van der Waals surface area (Å²) in [7, 11) is 3.25. The van der Waals surface area contributed by atoms with Gasteiger partial charge in [0.05, 0.1) is 0 Å². The van der Waals surface area contributed by atoms with E-state index in [0.717, 1.165) is 11.4 Å². The van der Waals surface area contributed by atoms with Gasteiger partial charge < -0.3 is 10.1 Å². The molecule has 2 heteroatoms. The Kier molecular flexibility index (Phi) is 5.74. The van der Waals surface area contributed by atoms with Gasteiger partial charge in [-0.25, -0.2) is 0 Å². The molecule has 0 saturated heterocycles. The first-order chi connectivity index (χ1) is 7.86. The summed E-state index contributed by atoms with van der Waals surface area (Å²) < 4.78 is 4.25. The van der Waals surface area contributed by atoms with Crippen LogP contribution in [-0.4, -0.2) is 14.2 Å². The van der Waals surface area contributed by atoms with Gasteiger partial charge in [0.25, 0.3) is 0 Å². The molecule has 0 aliphatic carbocycles. The van der Waals surface area contributed by atoms with Gasteiger partial charge in [0.15, 0.2) is 0 Å². The number of benzene rings is 2. The van der Waals surface area contributed by atoms with Gasteiger partial charge in [0.1, 0.15) is 0 Å². The van der Waals surface area contributed by atoms with Gasteiger partial charge in [0.2, 0.25) is 0 Å². The van der Waals surface area contributed by atoms with Crippen molar-refractivity contribution >= 4 is 11.4 Å². The monoisotopic (exact) mass is 215 g/mol. The molecule has 16 heavy (non-hydrogen) atoms. The highest BCUT2D eigenvalue weighted by Crippen LogP contribution is 2.14. The van der Waals surface area contributed by atoms with E-state index >= 15 is 0 Å². The second-order valence-corrected chi connectivity index (χ2v) is 3.27. The minimum absolute atomic E-state index is 1.12. The van der Waals surface area contributed by atoms with Crippen LogP contribution in [0.25, 0.3) is 0 Å². The van der Waals surface area contributed by atoms with Crippen LogP contribution < -0.4 is 5.32 Å². The number of anilines is 2. The minimum Gasteiger partial charge on any atom is -0.388 e. The highest BCUT2D eigenvalue weighted by Gasteiger charge is 1.89. The maximum atomic E-state index is 4.25. The van der Waals surface area contributed by atoms with Crippen LogP contribution in [0.1, 0.15) is 0 Å². The molecule has 0 fully saturated rings. The Bertz CT molecular complexity index is 335. The van der Waals surface area contributed by atoms with Crippen LogP contribution in [-0.2, 0) is 4.74 Å². The molecule has 2 nitrogen and oxygen atoms in total. The van der Waals surface area contributed by atoms with E-state index in [0.29, 0.717) is 0 Å². The Morgan fingerprint density at radius 2 is 1.00 bits per heavy atom. The van der Waals surface area contributed by atoms with Gasteiger partial charge in [-0.05, 0) is 24.3 Å². The largest absolute Gasteiger partial charge is 0.388 e. The molecule has 0 aliphatic rings. The van der Waals surface area contributed by atoms with Gasteiger partial charge in [-0.3, -0.25) is 0 Å². The van der Waals surface area contributed by atoms with Crippen molar-refractivity contribution in [3.63, 3.8) is 0 Å². The van der Waals surface area contributed by atoms with E-state index in [4.69, 9.17) is 0 Å². The lowest BCUT2D eigenvalue weighted by atomic mass is 10.3. The summed E-state index contributed by atoms with van der Waals surface area (Å²) in [6.45, 7) is 0. The number of nitrogens with one attached hydrogen (secondary N) is 1. The lowest BCUT2D eigenvalue weighted by molar-refractivity contribution is 0.277. The maximum Gasteiger partial charge on any atom is 0.0384 e. The van der Waals surface area contributed by atoms with Crippen molar-refractivity contribution in [2.75, 3.05) is 19.5 Å². The van der Waals surface area contributed by atoms with Crippen LogP contribution in [0.5, 0.6) is 0 Å². The lowest BCUT2D eigenvalue weighted by Crippen LogP contribution is -1.87. The fraction of sp³-hybridized carbons (Fsp3) is 0.143. The fourth-order valence-corrected chi connectivity index (χ4v) is 1.21. The van der Waals surface area contributed by atoms with Gasteiger partial charge in [0, 0.05) is 25.6 Å². The average Bonchev–Trinajstić information content (AvgIpc) is 2.33. The summed E-state index contributed by atoms with van der Waals surface area (Å²) in [5.74, 6) is 0. The Labute approximate surface area is 96.9 Å². The smallest absolute Gasteiger partial charge is 0.0384 e. The molecule has 0 spiro atoms. The van der Waals surface area contributed by atoms with Crippen molar-refractivity contribution in [3.8, 4) is 0 Å². The van der Waals surface area contributed by atoms with E-state index in [1.54, 1.807) is 14.2 Å². The predicted octanol–water partition coefficient (Wildman–Crippen LogP) is 3.69. The Balaban J connectivity index is 0.000000386. The van der Waals surface area contributed by atoms with E-state index < -0.39 is 0 Å². The highest BCUT2D eigenvalue weighted by molar-refractivity contribution is 5.58. The van der Waals surface area contributed by atoms with Crippen molar-refractivity contribution in [2.24, 2.45) is 0 Å². The lowest BCUT2D eigenvalue weighted by Gasteiger charge is -2.04. The third-order valence-corrected chi connectivity index (χ3v) is 1.84. The summed E-state index contributed by atoms with van der Waals surface area (Å²) in [6.07, 6.45) is 0. The standard InChI is InChI=1S/C12H11N.C2H6O/c1-3-7-11(8-4-1)13-12-9-5-2-6-10-12;1-3-2/h1-10,13H;1-2H3. The van der Waals surface area contributed by atoms with E-state index in [1.165, 1.54) is 0 Å². The topological polar surface area (TPSA) is 21.3 Å². The molecule has 0 bridgehead atoms. The number of hydrogen-bond donors (Lipinski definition) is 1. The second kappa shape index (κ2) is 7.49. The van der Waals surface area contributed by atoms with Crippen molar-refractivity contribution < 1.29 is 4.74 Å². The van der Waals surface area contributed by atoms with E-state index in [1.807, 2.05) is 60.7 Å². The molecule has 1 N–H and O–H groups in total. The van der Waals surface area contributed by atoms with Crippen molar-refractivity contribution in [1.29, 1.82) is 0 Å². The molecule has 0 aliphatic heterocycles. The van der Waals surface area contributed by atoms with Crippen LogP contribution in [0, 0.1) is 0 Å². The molecule has 0 heterocycles. The number of rotatable bonds is 2. The first-order valence-corrected chi connectivity index (χ1v) is 5.14. The molecule has 0 radical (unpaired) electrons. The molecule has 2 rings (SSSR count). The van der Waals surface area contributed by atoms with E-state index in [9.17, 15) is 0 Å². The van der Waals surface area contributed by atoms with Crippen molar-refractivity contribution in [1.82, 2.24) is 0 Å². The average molecular weight is 215 g/mol. The van der Waals surface area contributed by atoms with Crippen LogP contribution in [0.4, 0.5) is 11.4 Å². The number of methoxy groups -OCH3 is 1. The number of ether oxygens (including phenoxy) is 1. The molecule has 84 valence electrons. The summed E-state index contributed by atoms with van der Waals surface area (Å²) in [4.78, 5) is 0. The normalized spacial score (nSPS) is 8.88.